The second kappa shape index (κ2) is 4.48. The van der Waals surface area contributed by atoms with Gasteiger partial charge in [-0.2, -0.15) is 0 Å². The third-order valence-corrected chi connectivity index (χ3v) is 2.22. The lowest BCUT2D eigenvalue weighted by atomic mass is 9.87. The van der Waals surface area contributed by atoms with Gasteiger partial charge in [-0.3, -0.25) is 9.59 Å². The van der Waals surface area contributed by atoms with Crippen LogP contribution in [0.3, 0.4) is 0 Å². The Hall–Kier alpha value is -0.740. The standard InChI is InChI=1S/C9H14O4/c1-12-9(13-2)6-3-7(10)5-8(11)4-6/h6,9H,3-5H2,1-2H3. The van der Waals surface area contributed by atoms with Crippen LogP contribution in [0.1, 0.15) is 19.3 Å². The maximum absolute atomic E-state index is 11.1. The monoisotopic (exact) mass is 186 g/mol. The van der Waals surface area contributed by atoms with Crippen LogP contribution in [0.25, 0.3) is 0 Å². The normalized spacial score (nSPS) is 19.9. The van der Waals surface area contributed by atoms with Crippen molar-refractivity contribution in [3.05, 3.63) is 0 Å². The van der Waals surface area contributed by atoms with E-state index >= 15 is 0 Å². The minimum absolute atomic E-state index is 0.0136. The molecule has 1 aliphatic carbocycles. The van der Waals surface area contributed by atoms with Gasteiger partial charge in [0.2, 0.25) is 0 Å². The first kappa shape index (κ1) is 10.3. The van der Waals surface area contributed by atoms with Crippen molar-refractivity contribution in [1.29, 1.82) is 0 Å². The molecule has 0 amide bonds. The Labute approximate surface area is 77.2 Å². The highest BCUT2D eigenvalue weighted by Gasteiger charge is 2.31. The minimum Gasteiger partial charge on any atom is -0.356 e. The maximum Gasteiger partial charge on any atom is 0.160 e. The van der Waals surface area contributed by atoms with E-state index in [2.05, 4.69) is 0 Å². The number of rotatable bonds is 3. The van der Waals surface area contributed by atoms with E-state index in [9.17, 15) is 9.59 Å². The van der Waals surface area contributed by atoms with Crippen molar-refractivity contribution in [3.63, 3.8) is 0 Å². The first-order valence-electron chi connectivity index (χ1n) is 4.26. The van der Waals surface area contributed by atoms with E-state index in [1.54, 1.807) is 0 Å². The molecule has 74 valence electrons. The second-order valence-electron chi connectivity index (χ2n) is 3.26. The molecule has 0 unspecified atom stereocenters. The summed E-state index contributed by atoms with van der Waals surface area (Å²) in [6, 6.07) is 0. The van der Waals surface area contributed by atoms with Crippen LogP contribution in [0.4, 0.5) is 0 Å². The molecule has 0 bridgehead atoms. The van der Waals surface area contributed by atoms with Crippen molar-refractivity contribution >= 4 is 11.6 Å². The molecule has 1 saturated carbocycles. The van der Waals surface area contributed by atoms with Gasteiger partial charge < -0.3 is 9.47 Å². The van der Waals surface area contributed by atoms with Gasteiger partial charge in [0, 0.05) is 33.0 Å². The number of ketones is 2. The van der Waals surface area contributed by atoms with Gasteiger partial charge in [-0.05, 0) is 0 Å². The van der Waals surface area contributed by atoms with Crippen molar-refractivity contribution in [2.75, 3.05) is 14.2 Å². The molecular formula is C9H14O4. The molecule has 0 aliphatic heterocycles. The van der Waals surface area contributed by atoms with E-state index in [1.807, 2.05) is 0 Å². The summed E-state index contributed by atoms with van der Waals surface area (Å²) in [6.07, 6.45) is 0.417. The van der Waals surface area contributed by atoms with Gasteiger partial charge in [0.05, 0.1) is 6.42 Å². The highest BCUT2D eigenvalue weighted by molar-refractivity contribution is 6.01. The van der Waals surface area contributed by atoms with Crippen LogP contribution in [0.15, 0.2) is 0 Å². The average molecular weight is 186 g/mol. The molecule has 0 saturated heterocycles. The van der Waals surface area contributed by atoms with Crippen molar-refractivity contribution < 1.29 is 19.1 Å². The molecule has 0 heterocycles. The minimum atomic E-state index is -0.437. The largest absolute Gasteiger partial charge is 0.356 e. The van der Waals surface area contributed by atoms with Gasteiger partial charge in [0.15, 0.2) is 6.29 Å². The lowest BCUT2D eigenvalue weighted by molar-refractivity contribution is -0.157. The summed E-state index contributed by atoms with van der Waals surface area (Å²) >= 11 is 0. The van der Waals surface area contributed by atoms with Crippen molar-refractivity contribution in [1.82, 2.24) is 0 Å². The van der Waals surface area contributed by atoms with Gasteiger partial charge in [-0.25, -0.2) is 0 Å². The summed E-state index contributed by atoms with van der Waals surface area (Å²) in [5.41, 5.74) is 0. The molecule has 13 heavy (non-hydrogen) atoms. The summed E-state index contributed by atoms with van der Waals surface area (Å²) in [5.74, 6) is -0.135. The summed E-state index contributed by atoms with van der Waals surface area (Å²) < 4.78 is 10.0. The lowest BCUT2D eigenvalue weighted by Gasteiger charge is -2.26. The molecular weight excluding hydrogens is 172 g/mol. The zero-order valence-corrected chi connectivity index (χ0v) is 7.91. The van der Waals surface area contributed by atoms with Gasteiger partial charge >= 0.3 is 0 Å². The number of carbonyl (C=O) groups excluding carboxylic acids is 2. The summed E-state index contributed by atoms with van der Waals surface area (Å²) in [5, 5.41) is 0. The zero-order chi connectivity index (χ0) is 9.84. The van der Waals surface area contributed by atoms with Gasteiger partial charge in [0.1, 0.15) is 11.6 Å². The molecule has 0 spiro atoms. The number of carbonyl (C=O) groups is 2. The van der Waals surface area contributed by atoms with Gasteiger partial charge in [0.25, 0.3) is 0 Å². The topological polar surface area (TPSA) is 52.6 Å². The van der Waals surface area contributed by atoms with Crippen LogP contribution in [0.5, 0.6) is 0 Å². The Balaban J connectivity index is 2.58. The van der Waals surface area contributed by atoms with E-state index < -0.39 is 6.29 Å². The van der Waals surface area contributed by atoms with E-state index in [0.29, 0.717) is 12.8 Å². The molecule has 0 N–H and O–H groups in total. The van der Waals surface area contributed by atoms with E-state index in [-0.39, 0.29) is 23.9 Å². The van der Waals surface area contributed by atoms with Crippen LogP contribution >= 0.6 is 0 Å². The van der Waals surface area contributed by atoms with E-state index in [1.165, 1.54) is 14.2 Å². The fourth-order valence-corrected chi connectivity index (χ4v) is 1.69. The van der Waals surface area contributed by atoms with Crippen LogP contribution in [0, 0.1) is 5.92 Å². The summed E-state index contributed by atoms with van der Waals surface area (Å²) in [6.45, 7) is 0. The molecule has 1 rings (SSSR count). The third-order valence-electron chi connectivity index (χ3n) is 2.22. The predicted molar refractivity (Wildman–Crippen MR) is 45.2 cm³/mol. The number of hydrogen-bond acceptors (Lipinski definition) is 4. The first-order valence-corrected chi connectivity index (χ1v) is 4.26. The molecule has 4 nitrogen and oxygen atoms in total. The second-order valence-corrected chi connectivity index (χ2v) is 3.26. The molecule has 0 radical (unpaired) electrons. The summed E-state index contributed by atoms with van der Waals surface area (Å²) in [4.78, 5) is 22.2. The molecule has 0 aromatic rings. The Bertz CT molecular complexity index is 192. The van der Waals surface area contributed by atoms with Gasteiger partial charge in [-0.1, -0.05) is 0 Å². The highest BCUT2D eigenvalue weighted by atomic mass is 16.7. The molecule has 0 aromatic heterocycles. The van der Waals surface area contributed by atoms with Gasteiger partial charge in [-0.15, -0.1) is 0 Å². The molecule has 0 aromatic carbocycles. The van der Waals surface area contributed by atoms with Crippen molar-refractivity contribution in [2.45, 2.75) is 25.6 Å². The zero-order valence-electron chi connectivity index (χ0n) is 7.91. The quantitative estimate of drug-likeness (QED) is 0.477. The van der Waals surface area contributed by atoms with Crippen LogP contribution in [-0.4, -0.2) is 32.1 Å². The Morgan fingerprint density at radius 1 is 1.15 bits per heavy atom. The van der Waals surface area contributed by atoms with Crippen molar-refractivity contribution in [2.24, 2.45) is 5.92 Å². The fourth-order valence-electron chi connectivity index (χ4n) is 1.69. The number of methoxy groups -OCH3 is 2. The predicted octanol–water partition coefficient (Wildman–Crippen LogP) is 0.544. The lowest BCUT2D eigenvalue weighted by Crippen LogP contribution is -2.33. The average Bonchev–Trinajstić information content (AvgIpc) is 2.04. The molecule has 0 atom stereocenters. The van der Waals surface area contributed by atoms with Crippen LogP contribution in [-0.2, 0) is 19.1 Å². The molecule has 1 fully saturated rings. The molecule has 4 heteroatoms. The first-order chi connectivity index (χ1) is 6.17. The van der Waals surface area contributed by atoms with Crippen molar-refractivity contribution in [3.8, 4) is 0 Å². The number of ether oxygens (including phenoxy) is 2. The van der Waals surface area contributed by atoms with Crippen LogP contribution in [0.2, 0.25) is 0 Å². The SMILES string of the molecule is COC(OC)C1CC(=O)CC(=O)C1. The smallest absolute Gasteiger partial charge is 0.160 e. The van der Waals surface area contributed by atoms with Crippen LogP contribution < -0.4 is 0 Å². The number of hydrogen-bond donors (Lipinski definition) is 0. The number of Topliss-reactive ketones (excluding diaryl/α,β-unsaturated/α-hetero) is 2. The third kappa shape index (κ3) is 2.60. The summed E-state index contributed by atoms with van der Waals surface area (Å²) in [7, 11) is 3.02. The Kier molecular flexibility index (Phi) is 3.57. The Morgan fingerprint density at radius 2 is 1.62 bits per heavy atom. The molecule has 1 aliphatic rings. The highest BCUT2D eigenvalue weighted by Crippen LogP contribution is 2.23. The van der Waals surface area contributed by atoms with E-state index in [4.69, 9.17) is 9.47 Å². The maximum atomic E-state index is 11.1. The Morgan fingerprint density at radius 3 is 2.00 bits per heavy atom. The fraction of sp³-hybridized carbons (Fsp3) is 0.778. The van der Waals surface area contributed by atoms with E-state index in [0.717, 1.165) is 0 Å².